The third-order valence-corrected chi connectivity index (χ3v) is 7.06. The minimum Gasteiger partial charge on any atom is -0.357 e. The Bertz CT molecular complexity index is 807. The lowest BCUT2D eigenvalue weighted by Gasteiger charge is -2.34. The van der Waals surface area contributed by atoms with Crippen LogP contribution in [-0.4, -0.2) is 67.9 Å². The quantitative estimate of drug-likeness (QED) is 0.126. The molecule has 0 aromatic heterocycles. The molecular weight excluding hydrogens is 529 g/mol. The maximum Gasteiger partial charge on any atom is 0.270 e. The minimum atomic E-state index is -3.83. The highest BCUT2D eigenvalue weighted by atomic mass is 127. The molecule has 0 aliphatic carbocycles. The van der Waals surface area contributed by atoms with Gasteiger partial charge in [-0.05, 0) is 19.4 Å². The van der Waals surface area contributed by atoms with Gasteiger partial charge in [-0.3, -0.25) is 15.1 Å². The summed E-state index contributed by atoms with van der Waals surface area (Å²) < 4.78 is 27.2. The molecule has 1 atom stereocenters. The topological polar surface area (TPSA) is 117 Å². The lowest BCUT2D eigenvalue weighted by atomic mass is 10.3. The summed E-state index contributed by atoms with van der Waals surface area (Å²) in [7, 11) is -3.83. The largest absolute Gasteiger partial charge is 0.357 e. The second-order valence-electron chi connectivity index (χ2n) is 6.23. The molecular formula is C17H28IN5O4S2. The van der Waals surface area contributed by atoms with Crippen molar-refractivity contribution in [3.8, 4) is 0 Å². The van der Waals surface area contributed by atoms with E-state index < -0.39 is 14.9 Å². The summed E-state index contributed by atoms with van der Waals surface area (Å²) in [6, 6.07) is 4.99. The zero-order valence-electron chi connectivity index (χ0n) is 16.5. The van der Waals surface area contributed by atoms with E-state index in [1.807, 2.05) is 18.7 Å². The van der Waals surface area contributed by atoms with Gasteiger partial charge in [0.1, 0.15) is 0 Å². The fourth-order valence-electron chi connectivity index (χ4n) is 2.77. The Kier molecular flexibility index (Phi) is 11.2. The first-order chi connectivity index (χ1) is 13.4. The molecule has 9 nitrogen and oxygen atoms in total. The average Bonchev–Trinajstić information content (AvgIpc) is 2.70. The fraction of sp³-hybridized carbons (Fsp3) is 0.588. The van der Waals surface area contributed by atoms with E-state index in [2.05, 4.69) is 26.9 Å². The van der Waals surface area contributed by atoms with Crippen LogP contribution < -0.4 is 10.0 Å². The Morgan fingerprint density at radius 1 is 1.41 bits per heavy atom. The van der Waals surface area contributed by atoms with E-state index in [1.54, 1.807) is 0 Å². The summed E-state index contributed by atoms with van der Waals surface area (Å²) in [4.78, 5) is 16.8. The summed E-state index contributed by atoms with van der Waals surface area (Å²) in [5.74, 6) is 1.83. The SMILES string of the molecule is CCNC(=NCCNS(=O)(=O)c1cccc([N+](=O)[O-])c1)N1CCSC(CC)C1.I. The standard InChI is InChI=1S/C17H27N5O4S2.HI/c1-3-15-13-21(10-11-27-15)17(18-4-2)19-8-9-20-28(25,26)16-7-5-6-14(12-16)22(23)24;/h5-7,12,15,20H,3-4,8-11,13H2,1-2H3,(H,18,19);1H. The maximum atomic E-state index is 12.3. The van der Waals surface area contributed by atoms with Gasteiger partial charge in [0.2, 0.25) is 10.0 Å². The van der Waals surface area contributed by atoms with Crippen molar-refractivity contribution in [3.05, 3.63) is 34.4 Å². The van der Waals surface area contributed by atoms with Gasteiger partial charge in [0.25, 0.3) is 5.69 Å². The predicted molar refractivity (Wildman–Crippen MR) is 128 cm³/mol. The van der Waals surface area contributed by atoms with Crippen molar-refractivity contribution in [2.24, 2.45) is 4.99 Å². The first kappa shape index (κ1) is 25.9. The average molecular weight is 557 g/mol. The minimum absolute atomic E-state index is 0. The van der Waals surface area contributed by atoms with Crippen molar-refractivity contribution in [3.63, 3.8) is 0 Å². The zero-order chi connectivity index (χ0) is 20.6. The fourth-order valence-corrected chi connectivity index (χ4v) is 5.01. The lowest BCUT2D eigenvalue weighted by molar-refractivity contribution is -0.385. The van der Waals surface area contributed by atoms with Crippen molar-refractivity contribution in [2.75, 3.05) is 38.5 Å². The van der Waals surface area contributed by atoms with Crippen molar-refractivity contribution in [1.29, 1.82) is 0 Å². The van der Waals surface area contributed by atoms with Gasteiger partial charge in [-0.15, -0.1) is 24.0 Å². The number of hydrogen-bond donors (Lipinski definition) is 2. The molecule has 1 aliphatic heterocycles. The number of benzene rings is 1. The Balaban J connectivity index is 0.00000420. The number of hydrogen-bond acceptors (Lipinski definition) is 6. The molecule has 1 aliphatic rings. The van der Waals surface area contributed by atoms with Crippen molar-refractivity contribution < 1.29 is 13.3 Å². The lowest BCUT2D eigenvalue weighted by Crippen LogP contribution is -2.48. The normalized spacial score (nSPS) is 17.5. The molecule has 0 bridgehead atoms. The highest BCUT2D eigenvalue weighted by molar-refractivity contribution is 14.0. The summed E-state index contributed by atoms with van der Waals surface area (Å²) in [5, 5.41) is 14.7. The first-order valence-electron chi connectivity index (χ1n) is 9.26. The van der Waals surface area contributed by atoms with Gasteiger partial charge in [0.05, 0.1) is 16.4 Å². The Labute approximate surface area is 193 Å². The second kappa shape index (κ2) is 12.5. The van der Waals surface area contributed by atoms with Crippen LogP contribution in [0.4, 0.5) is 5.69 Å². The molecule has 1 fully saturated rings. The summed E-state index contributed by atoms with van der Waals surface area (Å²) >= 11 is 1.97. The van der Waals surface area contributed by atoms with Crippen molar-refractivity contribution in [2.45, 2.75) is 30.4 Å². The van der Waals surface area contributed by atoms with Gasteiger partial charge in [-0.2, -0.15) is 11.8 Å². The number of non-ortho nitro benzene ring substituents is 1. The molecule has 1 heterocycles. The van der Waals surface area contributed by atoms with Crippen LogP contribution in [0.1, 0.15) is 20.3 Å². The van der Waals surface area contributed by atoms with Gasteiger partial charge in [0, 0.05) is 49.3 Å². The number of nitro benzene ring substituents is 1. The van der Waals surface area contributed by atoms with Crippen LogP contribution in [0.3, 0.4) is 0 Å². The Morgan fingerprint density at radius 3 is 2.83 bits per heavy atom. The molecule has 0 saturated carbocycles. The second-order valence-corrected chi connectivity index (χ2v) is 9.41. The first-order valence-corrected chi connectivity index (χ1v) is 11.8. The molecule has 2 rings (SSSR count). The summed E-state index contributed by atoms with van der Waals surface area (Å²) in [6.07, 6.45) is 1.10. The molecule has 29 heavy (non-hydrogen) atoms. The molecule has 1 aromatic rings. The van der Waals surface area contributed by atoms with Crippen LogP contribution in [0, 0.1) is 10.1 Å². The molecule has 1 aromatic carbocycles. The monoisotopic (exact) mass is 557 g/mol. The van der Waals surface area contributed by atoms with E-state index in [-0.39, 0.29) is 47.6 Å². The molecule has 1 unspecified atom stereocenters. The molecule has 0 spiro atoms. The number of guanidine groups is 1. The molecule has 0 amide bonds. The molecule has 12 heteroatoms. The third-order valence-electron chi connectivity index (χ3n) is 4.23. The number of nitro groups is 1. The van der Waals surface area contributed by atoms with E-state index in [9.17, 15) is 18.5 Å². The molecule has 164 valence electrons. The summed E-state index contributed by atoms with van der Waals surface area (Å²) in [6.45, 7) is 7.12. The Hall–Kier alpha value is -1.12. The van der Waals surface area contributed by atoms with Crippen LogP contribution in [0.25, 0.3) is 0 Å². The van der Waals surface area contributed by atoms with Gasteiger partial charge < -0.3 is 10.2 Å². The van der Waals surface area contributed by atoms with Crippen LogP contribution in [0.5, 0.6) is 0 Å². The van der Waals surface area contributed by atoms with Gasteiger partial charge >= 0.3 is 0 Å². The number of thioether (sulfide) groups is 1. The third kappa shape index (κ3) is 7.90. The highest BCUT2D eigenvalue weighted by Gasteiger charge is 2.21. The van der Waals surface area contributed by atoms with E-state index in [0.717, 1.165) is 43.8 Å². The maximum absolute atomic E-state index is 12.3. The smallest absolute Gasteiger partial charge is 0.270 e. The number of halogens is 1. The van der Waals surface area contributed by atoms with Crippen LogP contribution in [0.2, 0.25) is 0 Å². The number of aliphatic imine (C=N–C) groups is 1. The van der Waals surface area contributed by atoms with Crippen molar-refractivity contribution in [1.82, 2.24) is 14.9 Å². The molecule has 0 radical (unpaired) electrons. The molecule has 1 saturated heterocycles. The Morgan fingerprint density at radius 2 is 2.17 bits per heavy atom. The van der Waals surface area contributed by atoms with Crippen LogP contribution in [-0.2, 0) is 10.0 Å². The predicted octanol–water partition coefficient (Wildman–Crippen LogP) is 2.28. The number of sulfonamides is 1. The van der Waals surface area contributed by atoms with Gasteiger partial charge in [-0.1, -0.05) is 13.0 Å². The van der Waals surface area contributed by atoms with E-state index in [0.29, 0.717) is 5.25 Å². The summed E-state index contributed by atoms with van der Waals surface area (Å²) in [5.41, 5.74) is -0.260. The number of rotatable bonds is 8. The van der Waals surface area contributed by atoms with E-state index in [4.69, 9.17) is 0 Å². The van der Waals surface area contributed by atoms with Gasteiger partial charge in [-0.25, -0.2) is 13.1 Å². The van der Waals surface area contributed by atoms with Crippen LogP contribution >= 0.6 is 35.7 Å². The van der Waals surface area contributed by atoms with Gasteiger partial charge in [0.15, 0.2) is 5.96 Å². The van der Waals surface area contributed by atoms with E-state index >= 15 is 0 Å². The number of nitrogens with zero attached hydrogens (tertiary/aromatic N) is 3. The molecule has 2 N–H and O–H groups in total. The highest BCUT2D eigenvalue weighted by Crippen LogP contribution is 2.21. The van der Waals surface area contributed by atoms with Crippen molar-refractivity contribution >= 4 is 57.4 Å². The zero-order valence-corrected chi connectivity index (χ0v) is 20.5. The van der Waals surface area contributed by atoms with Crippen LogP contribution in [0.15, 0.2) is 34.2 Å². The van der Waals surface area contributed by atoms with E-state index in [1.165, 1.54) is 18.2 Å². The number of nitrogens with one attached hydrogen (secondary N) is 2.